The molecular formula is C16H21N7O11P2. The first kappa shape index (κ1) is 26.3. The highest BCUT2D eigenvalue weighted by molar-refractivity contribution is 7.60. The number of phosphoric acid groups is 2. The molecule has 1 fully saturated rings. The molecule has 0 radical (unpaired) electrons. The van der Waals surface area contributed by atoms with Crippen LogP contribution in [0.5, 0.6) is 0 Å². The van der Waals surface area contributed by atoms with Gasteiger partial charge in [0.1, 0.15) is 30.7 Å². The van der Waals surface area contributed by atoms with E-state index in [4.69, 9.17) is 30.5 Å². The number of anilines is 1. The van der Waals surface area contributed by atoms with E-state index in [-0.39, 0.29) is 29.0 Å². The van der Waals surface area contributed by atoms with Crippen molar-refractivity contribution >= 4 is 38.5 Å². The molecule has 1 saturated heterocycles. The molecule has 0 bridgehead atoms. The van der Waals surface area contributed by atoms with Gasteiger partial charge in [0.25, 0.3) is 0 Å². The molecule has 2 aromatic rings. The minimum absolute atomic E-state index is 0.0187. The van der Waals surface area contributed by atoms with E-state index in [0.29, 0.717) is 0 Å². The van der Waals surface area contributed by atoms with Crippen LogP contribution < -0.4 is 11.5 Å². The number of amides is 1. The van der Waals surface area contributed by atoms with E-state index in [1.54, 1.807) is 0 Å². The zero-order valence-corrected chi connectivity index (χ0v) is 19.8. The van der Waals surface area contributed by atoms with Gasteiger partial charge in [-0.05, 0) is 6.42 Å². The second-order valence-electron chi connectivity index (χ2n) is 7.70. The Morgan fingerprint density at radius 1 is 1.25 bits per heavy atom. The van der Waals surface area contributed by atoms with Gasteiger partial charge in [-0.15, -0.1) is 0 Å². The monoisotopic (exact) mass is 549 g/mol. The summed E-state index contributed by atoms with van der Waals surface area (Å²) < 4.78 is 38.9. The number of primary amides is 1. The first-order chi connectivity index (χ1) is 16.7. The van der Waals surface area contributed by atoms with E-state index in [9.17, 15) is 29.0 Å². The van der Waals surface area contributed by atoms with Gasteiger partial charge in [0, 0.05) is 18.0 Å². The van der Waals surface area contributed by atoms with Gasteiger partial charge in [-0.25, -0.2) is 24.1 Å². The second kappa shape index (κ2) is 9.28. The summed E-state index contributed by atoms with van der Waals surface area (Å²) in [7, 11) is -10.9. The lowest BCUT2D eigenvalue weighted by Gasteiger charge is -2.41. The molecule has 5 unspecified atom stereocenters. The number of phosphoric ester groups is 1. The second-order valence-corrected chi connectivity index (χ2v) is 10.5. The van der Waals surface area contributed by atoms with Crippen LogP contribution in [0.1, 0.15) is 12.6 Å². The summed E-state index contributed by atoms with van der Waals surface area (Å²) in [6.07, 6.45) is 1.19. The zero-order valence-electron chi connectivity index (χ0n) is 18.0. The number of nitrogens with zero attached hydrogens (tertiary/aromatic N) is 5. The number of nitrogen functional groups attached to an aromatic ring is 1. The van der Waals surface area contributed by atoms with Crippen molar-refractivity contribution in [2.24, 2.45) is 5.73 Å². The van der Waals surface area contributed by atoms with Gasteiger partial charge in [0.05, 0.1) is 6.33 Å². The van der Waals surface area contributed by atoms with Crippen LogP contribution in [-0.2, 0) is 27.5 Å². The van der Waals surface area contributed by atoms with Gasteiger partial charge in [0.2, 0.25) is 5.91 Å². The Labute approximate surface area is 201 Å². The number of rotatable bonds is 8. The fourth-order valence-corrected chi connectivity index (χ4v) is 5.36. The first-order valence-corrected chi connectivity index (χ1v) is 12.9. The number of aromatic nitrogens is 4. The fourth-order valence-electron chi connectivity index (χ4n) is 3.74. The Bertz CT molecular complexity index is 1340. The molecule has 36 heavy (non-hydrogen) atoms. The summed E-state index contributed by atoms with van der Waals surface area (Å²) in [6, 6.07) is 0. The van der Waals surface area contributed by atoms with Crippen LogP contribution in [0.15, 0.2) is 36.7 Å². The molecule has 18 nitrogen and oxygen atoms in total. The fraction of sp³-hybridized carbons (Fsp3) is 0.375. The molecule has 4 heterocycles. The van der Waals surface area contributed by atoms with Gasteiger partial charge in [-0.1, -0.05) is 6.08 Å². The predicted octanol–water partition coefficient (Wildman–Crippen LogP) is -1.83. The predicted molar refractivity (Wildman–Crippen MR) is 116 cm³/mol. The third kappa shape index (κ3) is 4.91. The van der Waals surface area contributed by atoms with Crippen molar-refractivity contribution in [1.82, 2.24) is 24.4 Å². The number of carbonyl (C=O) groups excluding carboxylic acids is 1. The lowest BCUT2D eigenvalue weighted by molar-refractivity contribution is -0.184. The molecule has 0 aromatic carbocycles. The van der Waals surface area contributed by atoms with Crippen molar-refractivity contribution < 1.29 is 52.4 Å². The van der Waals surface area contributed by atoms with Crippen LogP contribution in [0.25, 0.3) is 11.2 Å². The molecule has 4 rings (SSSR count). The number of fused-ring (bicyclic) bond motifs is 1. The third-order valence-corrected chi connectivity index (χ3v) is 7.49. The van der Waals surface area contributed by atoms with Gasteiger partial charge in [-0.3, -0.25) is 13.9 Å². The number of aliphatic hydroxyl groups is 2. The zero-order chi connectivity index (χ0) is 26.5. The van der Waals surface area contributed by atoms with Crippen molar-refractivity contribution in [2.45, 2.75) is 30.6 Å². The quantitative estimate of drug-likeness (QED) is 0.178. The van der Waals surface area contributed by atoms with E-state index >= 15 is 0 Å². The highest BCUT2D eigenvalue weighted by Crippen LogP contribution is 2.58. The summed E-state index contributed by atoms with van der Waals surface area (Å²) in [5, 5.41) is 22.0. The Kier molecular flexibility index (Phi) is 6.78. The van der Waals surface area contributed by atoms with Crippen LogP contribution >= 0.6 is 15.6 Å². The number of aliphatic hydroxyl groups excluding tert-OH is 2. The molecule has 1 amide bonds. The highest BCUT2D eigenvalue weighted by atomic mass is 31.3. The molecule has 196 valence electrons. The SMILES string of the molecule is NC(=O)C1=CN(C2(COP(=O)(O)OP(=O)(O)O)OC(n3cnc4c(N)ncnc43)C(O)C2O)C=CC1. The molecule has 0 spiro atoms. The van der Waals surface area contributed by atoms with Crippen molar-refractivity contribution in [3.05, 3.63) is 36.7 Å². The molecule has 5 atom stereocenters. The lowest BCUT2D eigenvalue weighted by atomic mass is 10.0. The van der Waals surface area contributed by atoms with Crippen molar-refractivity contribution in [3.8, 4) is 0 Å². The van der Waals surface area contributed by atoms with Gasteiger partial charge in [0.15, 0.2) is 23.4 Å². The van der Waals surface area contributed by atoms with Crippen LogP contribution in [0.2, 0.25) is 0 Å². The first-order valence-electron chi connectivity index (χ1n) is 9.91. The number of hydrogen-bond donors (Lipinski definition) is 7. The Balaban J connectivity index is 1.76. The molecule has 20 heteroatoms. The molecule has 2 aliphatic heterocycles. The van der Waals surface area contributed by atoms with Crippen LogP contribution in [0.4, 0.5) is 5.82 Å². The Morgan fingerprint density at radius 2 is 1.97 bits per heavy atom. The number of carbonyl (C=O) groups is 1. The third-order valence-electron chi connectivity index (χ3n) is 5.36. The van der Waals surface area contributed by atoms with Gasteiger partial charge >= 0.3 is 15.6 Å². The number of imidazole rings is 1. The number of allylic oxidation sites excluding steroid dienone is 1. The smallest absolute Gasteiger partial charge is 0.385 e. The minimum Gasteiger partial charge on any atom is -0.385 e. The minimum atomic E-state index is -5.47. The average Bonchev–Trinajstić information content (AvgIpc) is 3.32. The maximum absolute atomic E-state index is 12.1. The maximum Gasteiger partial charge on any atom is 0.481 e. The largest absolute Gasteiger partial charge is 0.481 e. The van der Waals surface area contributed by atoms with Gasteiger partial charge < -0.3 is 46.0 Å². The van der Waals surface area contributed by atoms with E-state index in [1.807, 2.05) is 0 Å². The number of ether oxygens (including phenoxy) is 1. The van der Waals surface area contributed by atoms with Crippen molar-refractivity contribution in [3.63, 3.8) is 0 Å². The molecule has 0 saturated carbocycles. The van der Waals surface area contributed by atoms with Crippen molar-refractivity contribution in [2.75, 3.05) is 12.3 Å². The van der Waals surface area contributed by atoms with Crippen molar-refractivity contribution in [1.29, 1.82) is 0 Å². The van der Waals surface area contributed by atoms with E-state index in [0.717, 1.165) is 17.4 Å². The van der Waals surface area contributed by atoms with Crippen LogP contribution in [-0.4, -0.2) is 79.8 Å². The summed E-state index contributed by atoms with van der Waals surface area (Å²) in [5.41, 5.74) is 9.17. The summed E-state index contributed by atoms with van der Waals surface area (Å²) in [5.74, 6) is -0.805. The molecule has 9 N–H and O–H groups in total. The van der Waals surface area contributed by atoms with Crippen LogP contribution in [0, 0.1) is 0 Å². The highest BCUT2D eigenvalue weighted by Gasteiger charge is 2.59. The van der Waals surface area contributed by atoms with E-state index in [2.05, 4.69) is 19.3 Å². The standard InChI is InChI=1S/C16H21N7O11P2/c17-12-9-14(20-6-19-12)23(7-21-9)15-10(24)11(25)16(33-15,5-32-36(30,31)34-35(27,28)29)22-3-1-2-8(4-22)13(18)26/h1,3-4,6-7,10-11,15,24-25H,2,5H2,(H2,18,26)(H,30,31)(H2,17,19,20)(H2,27,28,29). The molecule has 2 aliphatic rings. The summed E-state index contributed by atoms with van der Waals surface area (Å²) in [6.45, 7) is -1.11. The molecule has 0 aliphatic carbocycles. The van der Waals surface area contributed by atoms with Crippen LogP contribution in [0.3, 0.4) is 0 Å². The normalized spacial score (nSPS) is 28.3. The Morgan fingerprint density at radius 3 is 2.64 bits per heavy atom. The van der Waals surface area contributed by atoms with E-state index in [1.165, 1.54) is 23.2 Å². The molecular weight excluding hydrogens is 528 g/mol. The number of nitrogens with two attached hydrogens (primary N) is 2. The average molecular weight is 549 g/mol. The van der Waals surface area contributed by atoms with E-state index < -0.39 is 52.3 Å². The maximum atomic E-state index is 12.1. The topological polar surface area (TPSA) is 279 Å². The Hall–Kier alpha value is -2.76. The molecule has 2 aromatic heterocycles. The number of hydrogen-bond acceptors (Lipinski definition) is 13. The lowest BCUT2D eigenvalue weighted by Crippen LogP contribution is -2.56. The summed E-state index contributed by atoms with van der Waals surface area (Å²) >= 11 is 0. The van der Waals surface area contributed by atoms with Gasteiger partial charge in [-0.2, -0.15) is 4.31 Å². The summed E-state index contributed by atoms with van der Waals surface area (Å²) in [4.78, 5) is 52.3.